The van der Waals surface area contributed by atoms with Crippen LogP contribution in [0.3, 0.4) is 0 Å². The molecule has 1 amide bonds. The first-order chi connectivity index (χ1) is 10.6. The largest absolute Gasteiger partial charge is 0.393 e. The number of benzene rings is 1. The maximum Gasteiger partial charge on any atom is 0.253 e. The van der Waals surface area contributed by atoms with Gasteiger partial charge in [0.15, 0.2) is 0 Å². The van der Waals surface area contributed by atoms with Gasteiger partial charge in [-0.3, -0.25) is 9.78 Å². The van der Waals surface area contributed by atoms with Crippen LogP contribution in [-0.4, -0.2) is 28.6 Å². The Kier molecular flexibility index (Phi) is 4.12. The zero-order chi connectivity index (χ0) is 15.7. The van der Waals surface area contributed by atoms with Gasteiger partial charge in [-0.2, -0.15) is 0 Å². The molecule has 2 N–H and O–H groups in total. The maximum absolute atomic E-state index is 12.6. The molecule has 0 unspecified atom stereocenters. The quantitative estimate of drug-likeness (QED) is 0.916. The Hall–Kier alpha value is -1.94. The highest BCUT2D eigenvalue weighted by molar-refractivity contribution is 6.06. The van der Waals surface area contributed by atoms with E-state index in [1.807, 2.05) is 26.0 Å². The molecular weight excluding hydrogens is 276 g/mol. The molecule has 3 rings (SSSR count). The van der Waals surface area contributed by atoms with Crippen LogP contribution < -0.4 is 5.32 Å². The smallest absolute Gasteiger partial charge is 0.253 e. The molecular formula is C18H22N2O2. The van der Waals surface area contributed by atoms with Gasteiger partial charge in [0, 0.05) is 24.0 Å². The van der Waals surface area contributed by atoms with Crippen molar-refractivity contribution in [1.82, 2.24) is 10.3 Å². The second-order valence-electron chi connectivity index (χ2n) is 6.30. The van der Waals surface area contributed by atoms with Crippen molar-refractivity contribution in [1.29, 1.82) is 0 Å². The summed E-state index contributed by atoms with van der Waals surface area (Å²) in [5, 5.41) is 13.9. The SMILES string of the molecule is Cc1cc(C(=O)NC[C@H]2CCC[C@H]2O)c2nccc(C)c2c1. The summed E-state index contributed by atoms with van der Waals surface area (Å²) < 4.78 is 0. The summed E-state index contributed by atoms with van der Waals surface area (Å²) in [5.74, 6) is 0.0700. The van der Waals surface area contributed by atoms with Gasteiger partial charge in [-0.25, -0.2) is 0 Å². The molecule has 4 nitrogen and oxygen atoms in total. The van der Waals surface area contributed by atoms with E-state index in [4.69, 9.17) is 0 Å². The Morgan fingerprint density at radius 2 is 2.18 bits per heavy atom. The Labute approximate surface area is 130 Å². The van der Waals surface area contributed by atoms with E-state index in [-0.39, 0.29) is 17.9 Å². The minimum Gasteiger partial charge on any atom is -0.393 e. The Morgan fingerprint density at radius 1 is 1.36 bits per heavy atom. The third-order valence-electron chi connectivity index (χ3n) is 4.60. The molecule has 22 heavy (non-hydrogen) atoms. The summed E-state index contributed by atoms with van der Waals surface area (Å²) in [5.41, 5.74) is 3.53. The van der Waals surface area contributed by atoms with Gasteiger partial charge in [0.2, 0.25) is 0 Å². The fourth-order valence-corrected chi connectivity index (χ4v) is 3.28. The van der Waals surface area contributed by atoms with Gasteiger partial charge < -0.3 is 10.4 Å². The number of carbonyl (C=O) groups is 1. The van der Waals surface area contributed by atoms with Crippen molar-refractivity contribution in [2.45, 2.75) is 39.2 Å². The van der Waals surface area contributed by atoms with Gasteiger partial charge in [0.25, 0.3) is 5.91 Å². The predicted molar refractivity (Wildman–Crippen MR) is 86.9 cm³/mol. The van der Waals surface area contributed by atoms with E-state index in [0.29, 0.717) is 12.1 Å². The maximum atomic E-state index is 12.6. The van der Waals surface area contributed by atoms with Gasteiger partial charge in [0.1, 0.15) is 0 Å². The monoisotopic (exact) mass is 298 g/mol. The fraction of sp³-hybridized carbons (Fsp3) is 0.444. The highest BCUT2D eigenvalue weighted by Crippen LogP contribution is 2.25. The molecule has 1 aliphatic carbocycles. The zero-order valence-electron chi connectivity index (χ0n) is 13.1. The molecule has 2 aromatic rings. The molecule has 2 atom stereocenters. The van der Waals surface area contributed by atoms with Crippen LogP contribution in [-0.2, 0) is 0 Å². The molecule has 1 heterocycles. The Balaban J connectivity index is 1.86. The third-order valence-corrected chi connectivity index (χ3v) is 4.60. The van der Waals surface area contributed by atoms with Crippen LogP contribution in [0.15, 0.2) is 24.4 Å². The van der Waals surface area contributed by atoms with Crippen molar-refractivity contribution in [3.05, 3.63) is 41.1 Å². The van der Waals surface area contributed by atoms with E-state index in [2.05, 4.69) is 16.4 Å². The molecule has 0 spiro atoms. The van der Waals surface area contributed by atoms with Crippen LogP contribution in [0.1, 0.15) is 40.7 Å². The number of hydrogen-bond donors (Lipinski definition) is 2. The number of aromatic nitrogens is 1. The second kappa shape index (κ2) is 6.05. The minimum absolute atomic E-state index is 0.106. The number of fused-ring (bicyclic) bond motifs is 1. The average molecular weight is 298 g/mol. The normalized spacial score (nSPS) is 21.2. The average Bonchev–Trinajstić information content (AvgIpc) is 2.90. The standard InChI is InChI=1S/C18H22N2O2/c1-11-8-14-12(2)6-7-19-17(14)15(9-11)18(22)20-10-13-4-3-5-16(13)21/h6-9,13,16,21H,3-5,10H2,1-2H3,(H,20,22)/t13-,16-/m1/s1. The van der Waals surface area contributed by atoms with Gasteiger partial charge in [-0.15, -0.1) is 0 Å². The van der Waals surface area contributed by atoms with E-state index < -0.39 is 0 Å². The number of pyridine rings is 1. The minimum atomic E-state index is -0.282. The van der Waals surface area contributed by atoms with E-state index in [9.17, 15) is 9.90 Å². The van der Waals surface area contributed by atoms with Gasteiger partial charge in [-0.05, 0) is 56.0 Å². The predicted octanol–water partition coefficient (Wildman–Crippen LogP) is 2.74. The lowest BCUT2D eigenvalue weighted by molar-refractivity contribution is 0.0918. The van der Waals surface area contributed by atoms with Crippen LogP contribution in [0, 0.1) is 19.8 Å². The first kappa shape index (κ1) is 15.0. The van der Waals surface area contributed by atoms with Crippen molar-refractivity contribution in [3.8, 4) is 0 Å². The van der Waals surface area contributed by atoms with Crippen molar-refractivity contribution in [2.24, 2.45) is 5.92 Å². The van der Waals surface area contributed by atoms with Crippen molar-refractivity contribution < 1.29 is 9.90 Å². The van der Waals surface area contributed by atoms with Crippen LogP contribution >= 0.6 is 0 Å². The molecule has 1 saturated carbocycles. The molecule has 1 aromatic heterocycles. The molecule has 1 aromatic carbocycles. The number of hydrogen-bond acceptors (Lipinski definition) is 3. The first-order valence-electron chi connectivity index (χ1n) is 7.88. The summed E-state index contributed by atoms with van der Waals surface area (Å²) in [6.07, 6.45) is 4.32. The topological polar surface area (TPSA) is 62.2 Å². The van der Waals surface area contributed by atoms with Crippen molar-refractivity contribution in [2.75, 3.05) is 6.54 Å². The number of nitrogens with one attached hydrogen (secondary N) is 1. The number of aliphatic hydroxyl groups excluding tert-OH is 1. The van der Waals surface area contributed by atoms with E-state index >= 15 is 0 Å². The number of aryl methyl sites for hydroxylation is 2. The van der Waals surface area contributed by atoms with E-state index in [0.717, 1.165) is 41.3 Å². The van der Waals surface area contributed by atoms with Gasteiger partial charge >= 0.3 is 0 Å². The van der Waals surface area contributed by atoms with Crippen LogP contribution in [0.5, 0.6) is 0 Å². The second-order valence-corrected chi connectivity index (χ2v) is 6.30. The summed E-state index contributed by atoms with van der Waals surface area (Å²) in [7, 11) is 0. The molecule has 1 fully saturated rings. The number of carbonyl (C=O) groups excluding carboxylic acids is 1. The van der Waals surface area contributed by atoms with Crippen LogP contribution in [0.25, 0.3) is 10.9 Å². The number of aliphatic hydroxyl groups is 1. The lowest BCUT2D eigenvalue weighted by Gasteiger charge is -2.16. The summed E-state index contributed by atoms with van der Waals surface area (Å²) in [6.45, 7) is 4.55. The van der Waals surface area contributed by atoms with Gasteiger partial charge in [-0.1, -0.05) is 6.42 Å². The zero-order valence-corrected chi connectivity index (χ0v) is 13.1. The van der Waals surface area contributed by atoms with Crippen LogP contribution in [0.4, 0.5) is 0 Å². The highest BCUT2D eigenvalue weighted by Gasteiger charge is 2.25. The van der Waals surface area contributed by atoms with Crippen molar-refractivity contribution >= 4 is 16.8 Å². The lowest BCUT2D eigenvalue weighted by atomic mass is 10.0. The highest BCUT2D eigenvalue weighted by atomic mass is 16.3. The Morgan fingerprint density at radius 3 is 2.91 bits per heavy atom. The van der Waals surface area contributed by atoms with E-state index in [1.54, 1.807) is 6.20 Å². The summed E-state index contributed by atoms with van der Waals surface area (Å²) in [6, 6.07) is 5.91. The molecule has 0 aliphatic heterocycles. The first-order valence-corrected chi connectivity index (χ1v) is 7.88. The number of rotatable bonds is 3. The molecule has 116 valence electrons. The summed E-state index contributed by atoms with van der Waals surface area (Å²) in [4.78, 5) is 16.9. The molecule has 0 radical (unpaired) electrons. The molecule has 1 aliphatic rings. The number of amides is 1. The summed E-state index contributed by atoms with van der Waals surface area (Å²) >= 11 is 0. The Bertz CT molecular complexity index is 712. The van der Waals surface area contributed by atoms with Gasteiger partial charge in [0.05, 0.1) is 17.2 Å². The lowest BCUT2D eigenvalue weighted by Crippen LogP contribution is -2.32. The molecule has 4 heteroatoms. The number of nitrogens with zero attached hydrogens (tertiary/aromatic N) is 1. The molecule has 0 bridgehead atoms. The molecule has 0 saturated heterocycles. The van der Waals surface area contributed by atoms with E-state index in [1.165, 1.54) is 0 Å². The third kappa shape index (κ3) is 2.83. The van der Waals surface area contributed by atoms with Crippen LogP contribution in [0.2, 0.25) is 0 Å². The van der Waals surface area contributed by atoms with Crippen molar-refractivity contribution in [3.63, 3.8) is 0 Å². The fourth-order valence-electron chi connectivity index (χ4n) is 3.28.